The van der Waals surface area contributed by atoms with Crippen molar-refractivity contribution in [2.45, 2.75) is 50.0 Å². The predicted octanol–water partition coefficient (Wildman–Crippen LogP) is 1.94. The molecule has 0 radical (unpaired) electrons. The Morgan fingerprint density at radius 2 is 2.22 bits per heavy atom. The lowest BCUT2D eigenvalue weighted by Gasteiger charge is -2.37. The summed E-state index contributed by atoms with van der Waals surface area (Å²) in [5, 5.41) is 4.14. The molecule has 0 aliphatic heterocycles. The standard InChI is InChI=1S/C13H21N3O2/c1-17-13(6-3-7-13)12-15-11(18-16-12)10-5-2-4-9(10)8-14/h9-10H,2-8,14H2,1H3. The molecule has 1 heterocycles. The van der Waals surface area contributed by atoms with Gasteiger partial charge in [-0.3, -0.25) is 0 Å². The number of nitrogens with two attached hydrogens (primary N) is 1. The van der Waals surface area contributed by atoms with Crippen molar-refractivity contribution in [1.29, 1.82) is 0 Å². The fourth-order valence-electron chi connectivity index (χ4n) is 3.23. The van der Waals surface area contributed by atoms with Crippen molar-refractivity contribution >= 4 is 0 Å². The van der Waals surface area contributed by atoms with E-state index in [4.69, 9.17) is 15.0 Å². The van der Waals surface area contributed by atoms with Gasteiger partial charge in [0.1, 0.15) is 5.60 Å². The number of rotatable bonds is 4. The molecule has 0 amide bonds. The molecule has 2 atom stereocenters. The van der Waals surface area contributed by atoms with Gasteiger partial charge in [-0.25, -0.2) is 0 Å². The van der Waals surface area contributed by atoms with Crippen molar-refractivity contribution < 1.29 is 9.26 Å². The average molecular weight is 251 g/mol. The highest BCUT2D eigenvalue weighted by atomic mass is 16.5. The second-order valence-corrected chi connectivity index (χ2v) is 5.54. The normalized spacial score (nSPS) is 30.3. The Labute approximate surface area is 107 Å². The summed E-state index contributed by atoms with van der Waals surface area (Å²) in [6, 6.07) is 0. The lowest BCUT2D eigenvalue weighted by Crippen LogP contribution is -2.37. The van der Waals surface area contributed by atoms with Crippen LogP contribution in [0.25, 0.3) is 0 Å². The van der Waals surface area contributed by atoms with Gasteiger partial charge in [0.05, 0.1) is 0 Å². The third kappa shape index (κ3) is 1.77. The molecule has 2 N–H and O–H groups in total. The van der Waals surface area contributed by atoms with Crippen molar-refractivity contribution in [2.24, 2.45) is 11.7 Å². The van der Waals surface area contributed by atoms with Crippen LogP contribution in [0.5, 0.6) is 0 Å². The van der Waals surface area contributed by atoms with Gasteiger partial charge in [-0.05, 0) is 44.6 Å². The Hall–Kier alpha value is -0.940. The predicted molar refractivity (Wildman–Crippen MR) is 66.0 cm³/mol. The van der Waals surface area contributed by atoms with E-state index >= 15 is 0 Å². The van der Waals surface area contributed by atoms with Crippen LogP contribution < -0.4 is 5.73 Å². The van der Waals surface area contributed by atoms with Gasteiger partial charge in [-0.2, -0.15) is 4.98 Å². The average Bonchev–Trinajstić information content (AvgIpc) is 2.95. The van der Waals surface area contributed by atoms with E-state index in [1.165, 1.54) is 19.3 Å². The SMILES string of the molecule is COC1(c2noc(C3CCCC3CN)n2)CCC1. The number of hydrogen-bond donors (Lipinski definition) is 1. The van der Waals surface area contributed by atoms with E-state index in [9.17, 15) is 0 Å². The monoisotopic (exact) mass is 251 g/mol. The number of aromatic nitrogens is 2. The Balaban J connectivity index is 1.81. The zero-order valence-corrected chi connectivity index (χ0v) is 10.9. The first-order chi connectivity index (χ1) is 8.79. The highest BCUT2D eigenvalue weighted by Gasteiger charge is 2.44. The van der Waals surface area contributed by atoms with Gasteiger partial charge in [0.15, 0.2) is 0 Å². The van der Waals surface area contributed by atoms with E-state index < -0.39 is 0 Å². The van der Waals surface area contributed by atoms with Crippen molar-refractivity contribution in [3.63, 3.8) is 0 Å². The number of hydrogen-bond acceptors (Lipinski definition) is 5. The lowest BCUT2D eigenvalue weighted by atomic mass is 9.79. The Kier molecular flexibility index (Phi) is 3.11. The molecule has 0 bridgehead atoms. The molecule has 2 saturated carbocycles. The summed E-state index contributed by atoms with van der Waals surface area (Å²) in [6.07, 6.45) is 6.66. The zero-order valence-electron chi connectivity index (χ0n) is 10.9. The summed E-state index contributed by atoms with van der Waals surface area (Å²) in [5.74, 6) is 2.35. The molecule has 2 aliphatic carbocycles. The van der Waals surface area contributed by atoms with Crippen molar-refractivity contribution in [2.75, 3.05) is 13.7 Å². The Bertz CT molecular complexity index is 409. The van der Waals surface area contributed by atoms with Gasteiger partial charge in [-0.15, -0.1) is 0 Å². The smallest absolute Gasteiger partial charge is 0.230 e. The largest absolute Gasteiger partial charge is 0.370 e. The van der Waals surface area contributed by atoms with Gasteiger partial charge < -0.3 is 15.0 Å². The maximum Gasteiger partial charge on any atom is 0.230 e. The maximum atomic E-state index is 5.80. The summed E-state index contributed by atoms with van der Waals surface area (Å²) in [5.41, 5.74) is 5.52. The van der Waals surface area contributed by atoms with Crippen LogP contribution in [0.15, 0.2) is 4.52 Å². The molecular weight excluding hydrogens is 230 g/mol. The molecule has 2 unspecified atom stereocenters. The molecule has 100 valence electrons. The number of nitrogens with zero attached hydrogens (tertiary/aromatic N) is 2. The van der Waals surface area contributed by atoms with Crippen LogP contribution in [0.2, 0.25) is 0 Å². The molecule has 2 fully saturated rings. The first kappa shape index (κ1) is 12.1. The molecule has 0 aromatic carbocycles. The number of ether oxygens (including phenoxy) is 1. The Morgan fingerprint density at radius 3 is 2.83 bits per heavy atom. The zero-order chi connectivity index (χ0) is 12.6. The highest BCUT2D eigenvalue weighted by Crippen LogP contribution is 2.44. The second-order valence-electron chi connectivity index (χ2n) is 5.54. The van der Waals surface area contributed by atoms with Crippen LogP contribution in [-0.4, -0.2) is 23.8 Å². The topological polar surface area (TPSA) is 74.2 Å². The fourth-order valence-corrected chi connectivity index (χ4v) is 3.23. The van der Waals surface area contributed by atoms with Crippen LogP contribution in [0.4, 0.5) is 0 Å². The summed E-state index contributed by atoms with van der Waals surface area (Å²) in [7, 11) is 1.73. The minimum Gasteiger partial charge on any atom is -0.370 e. The van der Waals surface area contributed by atoms with Crippen molar-refractivity contribution in [3.05, 3.63) is 11.7 Å². The van der Waals surface area contributed by atoms with E-state index in [-0.39, 0.29) is 5.60 Å². The molecule has 2 aliphatic rings. The number of methoxy groups -OCH3 is 1. The van der Waals surface area contributed by atoms with Gasteiger partial charge in [0, 0.05) is 13.0 Å². The molecule has 5 nitrogen and oxygen atoms in total. The van der Waals surface area contributed by atoms with E-state index in [0.717, 1.165) is 31.0 Å². The third-order valence-electron chi connectivity index (χ3n) is 4.68. The maximum absolute atomic E-state index is 5.80. The summed E-state index contributed by atoms with van der Waals surface area (Å²) >= 11 is 0. The first-order valence-electron chi connectivity index (χ1n) is 6.88. The molecule has 5 heteroatoms. The molecular formula is C13H21N3O2. The minimum absolute atomic E-state index is 0.279. The summed E-state index contributed by atoms with van der Waals surface area (Å²) in [4.78, 5) is 4.60. The Morgan fingerprint density at radius 1 is 1.39 bits per heavy atom. The summed E-state index contributed by atoms with van der Waals surface area (Å²) in [6.45, 7) is 0.706. The highest BCUT2D eigenvalue weighted by molar-refractivity contribution is 5.09. The summed E-state index contributed by atoms with van der Waals surface area (Å²) < 4.78 is 11.0. The first-order valence-corrected chi connectivity index (χ1v) is 6.88. The van der Waals surface area contributed by atoms with Crippen LogP contribution in [0.1, 0.15) is 56.2 Å². The van der Waals surface area contributed by atoms with Crippen LogP contribution in [-0.2, 0) is 10.3 Å². The van der Waals surface area contributed by atoms with Crippen molar-refractivity contribution in [3.8, 4) is 0 Å². The molecule has 0 spiro atoms. The van der Waals surface area contributed by atoms with E-state index in [1.54, 1.807) is 7.11 Å². The quantitative estimate of drug-likeness (QED) is 0.885. The van der Waals surface area contributed by atoms with Crippen LogP contribution in [0, 0.1) is 5.92 Å². The van der Waals surface area contributed by atoms with Crippen LogP contribution >= 0.6 is 0 Å². The molecule has 1 aromatic heterocycles. The fraction of sp³-hybridized carbons (Fsp3) is 0.846. The van der Waals surface area contributed by atoms with E-state index in [2.05, 4.69) is 10.1 Å². The van der Waals surface area contributed by atoms with Gasteiger partial charge in [0.25, 0.3) is 0 Å². The lowest BCUT2D eigenvalue weighted by molar-refractivity contribution is -0.0858. The van der Waals surface area contributed by atoms with Gasteiger partial charge in [-0.1, -0.05) is 11.6 Å². The minimum atomic E-state index is -0.279. The third-order valence-corrected chi connectivity index (χ3v) is 4.68. The van der Waals surface area contributed by atoms with Gasteiger partial charge >= 0.3 is 0 Å². The molecule has 0 saturated heterocycles. The van der Waals surface area contributed by atoms with Crippen molar-refractivity contribution in [1.82, 2.24) is 10.1 Å². The molecule has 3 rings (SSSR count). The van der Waals surface area contributed by atoms with Crippen LogP contribution in [0.3, 0.4) is 0 Å². The molecule has 1 aromatic rings. The van der Waals surface area contributed by atoms with E-state index in [0.29, 0.717) is 18.4 Å². The van der Waals surface area contributed by atoms with Gasteiger partial charge in [0.2, 0.25) is 11.7 Å². The second kappa shape index (κ2) is 4.63. The molecule has 18 heavy (non-hydrogen) atoms. The van der Waals surface area contributed by atoms with E-state index in [1.807, 2.05) is 0 Å².